The molecule has 2 saturated heterocycles. The predicted molar refractivity (Wildman–Crippen MR) is 88.5 cm³/mol. The van der Waals surface area contributed by atoms with Gasteiger partial charge in [-0.25, -0.2) is 0 Å². The van der Waals surface area contributed by atoms with Crippen LogP contribution in [0.15, 0.2) is 18.2 Å². The third kappa shape index (κ3) is 3.52. The number of rotatable bonds is 2. The highest BCUT2D eigenvalue weighted by Gasteiger charge is 2.32. The molecule has 21 heavy (non-hydrogen) atoms. The fourth-order valence-corrected chi connectivity index (χ4v) is 3.96. The summed E-state index contributed by atoms with van der Waals surface area (Å²) >= 11 is 8.10. The van der Waals surface area contributed by atoms with Crippen molar-refractivity contribution < 1.29 is 14.3 Å². The Morgan fingerprint density at radius 1 is 1.24 bits per heavy atom. The topological polar surface area (TPSA) is 38.8 Å². The summed E-state index contributed by atoms with van der Waals surface area (Å²) in [4.78, 5) is 14.5. The number of nitrogens with zero attached hydrogens (tertiary/aromatic N) is 1. The second-order valence-corrected chi connectivity index (χ2v) is 6.96. The van der Waals surface area contributed by atoms with E-state index in [1.165, 1.54) is 0 Å². The van der Waals surface area contributed by atoms with Crippen LogP contribution in [0.2, 0.25) is 5.02 Å². The molecule has 0 spiro atoms. The molecule has 2 heterocycles. The zero-order chi connectivity index (χ0) is 14.8. The number of piperidine rings is 1. The van der Waals surface area contributed by atoms with E-state index in [-0.39, 0.29) is 12.2 Å². The van der Waals surface area contributed by atoms with Crippen molar-refractivity contribution in [1.29, 1.82) is 0 Å². The highest BCUT2D eigenvalue weighted by molar-refractivity contribution is 14.1. The molecule has 0 aliphatic carbocycles. The highest BCUT2D eigenvalue weighted by atomic mass is 127. The second-order valence-electron chi connectivity index (χ2n) is 5.36. The van der Waals surface area contributed by atoms with Crippen LogP contribution >= 0.6 is 34.2 Å². The van der Waals surface area contributed by atoms with Crippen LogP contribution in [0.3, 0.4) is 0 Å². The molecule has 0 unspecified atom stereocenters. The lowest BCUT2D eigenvalue weighted by Crippen LogP contribution is -2.41. The van der Waals surface area contributed by atoms with Crippen molar-refractivity contribution in [1.82, 2.24) is 4.90 Å². The summed E-state index contributed by atoms with van der Waals surface area (Å²) in [7, 11) is 0. The van der Waals surface area contributed by atoms with Gasteiger partial charge in [0, 0.05) is 27.6 Å². The maximum absolute atomic E-state index is 12.6. The predicted octanol–water partition coefficient (Wildman–Crippen LogP) is 3.17. The average molecular weight is 422 g/mol. The van der Waals surface area contributed by atoms with Crippen molar-refractivity contribution in [3.63, 3.8) is 0 Å². The van der Waals surface area contributed by atoms with E-state index in [0.29, 0.717) is 24.2 Å². The molecule has 2 fully saturated rings. The lowest BCUT2D eigenvalue weighted by Gasteiger charge is -2.34. The highest BCUT2D eigenvalue weighted by Crippen LogP contribution is 2.27. The normalized spacial score (nSPS) is 21.0. The molecule has 1 aromatic carbocycles. The smallest absolute Gasteiger partial charge is 0.254 e. The molecule has 0 atom stereocenters. The number of ether oxygens (including phenoxy) is 2. The second kappa shape index (κ2) is 6.81. The number of hydrogen-bond donors (Lipinski definition) is 0. The Kier molecular flexibility index (Phi) is 5.03. The van der Waals surface area contributed by atoms with Gasteiger partial charge in [-0.1, -0.05) is 11.6 Å². The van der Waals surface area contributed by atoms with Crippen LogP contribution in [0, 0.1) is 9.49 Å². The van der Waals surface area contributed by atoms with Crippen LogP contribution in [-0.2, 0) is 9.47 Å². The lowest BCUT2D eigenvalue weighted by atomic mass is 9.95. The van der Waals surface area contributed by atoms with E-state index in [0.717, 1.165) is 35.1 Å². The molecule has 0 aromatic heterocycles. The van der Waals surface area contributed by atoms with E-state index in [9.17, 15) is 4.79 Å². The van der Waals surface area contributed by atoms with Crippen molar-refractivity contribution in [2.45, 2.75) is 19.1 Å². The van der Waals surface area contributed by atoms with Crippen molar-refractivity contribution in [3.05, 3.63) is 32.4 Å². The molecule has 1 amide bonds. The van der Waals surface area contributed by atoms with Crippen LogP contribution < -0.4 is 0 Å². The number of amides is 1. The molecule has 114 valence electrons. The molecule has 2 aliphatic heterocycles. The van der Waals surface area contributed by atoms with E-state index in [1.807, 2.05) is 17.0 Å². The van der Waals surface area contributed by atoms with Gasteiger partial charge in [0.1, 0.15) is 0 Å². The minimum atomic E-state index is -0.0714. The summed E-state index contributed by atoms with van der Waals surface area (Å²) < 4.78 is 12.0. The zero-order valence-electron chi connectivity index (χ0n) is 11.6. The molecule has 1 aromatic rings. The number of carbonyl (C=O) groups is 1. The average Bonchev–Trinajstić information content (AvgIpc) is 3.01. The van der Waals surface area contributed by atoms with Crippen LogP contribution in [-0.4, -0.2) is 43.4 Å². The zero-order valence-corrected chi connectivity index (χ0v) is 14.5. The Labute approximate surface area is 142 Å². The number of likely N-dealkylation sites (tertiary alicyclic amines) is 1. The quantitative estimate of drug-likeness (QED) is 0.689. The molecular weight excluding hydrogens is 405 g/mol. The Hall–Kier alpha value is -0.370. The first kappa shape index (κ1) is 15.5. The lowest BCUT2D eigenvalue weighted by molar-refractivity contribution is -0.0956. The molecule has 6 heteroatoms. The van der Waals surface area contributed by atoms with Gasteiger partial charge in [-0.05, 0) is 53.6 Å². The van der Waals surface area contributed by atoms with Gasteiger partial charge in [-0.15, -0.1) is 0 Å². The van der Waals surface area contributed by atoms with Gasteiger partial charge < -0.3 is 14.4 Å². The SMILES string of the molecule is O=C(c1ccc(Cl)cc1I)N1CCC(C2OCCO2)CC1. The standard InChI is InChI=1S/C15H17ClINO3/c16-11-1-2-12(13(17)9-11)14(19)18-5-3-10(4-6-18)15-20-7-8-21-15/h1-2,9-10,15H,3-8H2. The van der Waals surface area contributed by atoms with Crippen LogP contribution in [0.25, 0.3) is 0 Å². The Morgan fingerprint density at radius 2 is 1.90 bits per heavy atom. The third-order valence-corrected chi connectivity index (χ3v) is 5.15. The molecule has 0 radical (unpaired) electrons. The number of halogens is 2. The van der Waals surface area contributed by atoms with Crippen molar-refractivity contribution in [2.24, 2.45) is 5.92 Å². The van der Waals surface area contributed by atoms with Crippen LogP contribution in [0.1, 0.15) is 23.2 Å². The Bertz CT molecular complexity index is 526. The molecule has 0 bridgehead atoms. The van der Waals surface area contributed by atoms with Crippen LogP contribution in [0.4, 0.5) is 0 Å². The first-order chi connectivity index (χ1) is 10.1. The monoisotopic (exact) mass is 421 g/mol. The first-order valence-corrected chi connectivity index (χ1v) is 8.58. The fourth-order valence-electron chi connectivity index (χ4n) is 2.86. The van der Waals surface area contributed by atoms with Crippen LogP contribution in [0.5, 0.6) is 0 Å². The first-order valence-electron chi connectivity index (χ1n) is 7.12. The van der Waals surface area contributed by atoms with Gasteiger partial charge in [0.05, 0.1) is 18.8 Å². The number of carbonyl (C=O) groups excluding carboxylic acids is 1. The van der Waals surface area contributed by atoms with E-state index in [4.69, 9.17) is 21.1 Å². The molecule has 4 nitrogen and oxygen atoms in total. The molecule has 2 aliphatic rings. The molecule has 0 saturated carbocycles. The van der Waals surface area contributed by atoms with Crippen molar-refractivity contribution in [2.75, 3.05) is 26.3 Å². The summed E-state index contributed by atoms with van der Waals surface area (Å²) in [5.41, 5.74) is 0.729. The summed E-state index contributed by atoms with van der Waals surface area (Å²) in [5, 5.41) is 0.658. The van der Waals surface area contributed by atoms with Crippen molar-refractivity contribution >= 4 is 40.1 Å². The molecule has 3 rings (SSSR count). The maximum atomic E-state index is 12.6. The fraction of sp³-hybridized carbons (Fsp3) is 0.533. The largest absolute Gasteiger partial charge is 0.350 e. The number of benzene rings is 1. The Morgan fingerprint density at radius 3 is 2.52 bits per heavy atom. The summed E-state index contributed by atoms with van der Waals surface area (Å²) in [6.07, 6.45) is 1.79. The summed E-state index contributed by atoms with van der Waals surface area (Å²) in [6, 6.07) is 5.40. The van der Waals surface area contributed by atoms with Gasteiger partial charge in [0.2, 0.25) is 0 Å². The summed E-state index contributed by atoms with van der Waals surface area (Å²) in [6.45, 7) is 2.89. The Balaban J connectivity index is 1.62. The minimum Gasteiger partial charge on any atom is -0.350 e. The molecular formula is C15H17ClINO3. The minimum absolute atomic E-state index is 0.0714. The van der Waals surface area contributed by atoms with Gasteiger partial charge in [-0.3, -0.25) is 4.79 Å². The van der Waals surface area contributed by atoms with E-state index >= 15 is 0 Å². The van der Waals surface area contributed by atoms with E-state index in [2.05, 4.69) is 22.6 Å². The summed E-state index contributed by atoms with van der Waals surface area (Å²) in [5.74, 6) is 0.489. The van der Waals surface area contributed by atoms with Gasteiger partial charge >= 0.3 is 0 Å². The maximum Gasteiger partial charge on any atom is 0.254 e. The third-order valence-electron chi connectivity index (χ3n) is 4.02. The molecule has 0 N–H and O–H groups in total. The van der Waals surface area contributed by atoms with Gasteiger partial charge in [0.25, 0.3) is 5.91 Å². The van der Waals surface area contributed by atoms with Gasteiger partial charge in [-0.2, -0.15) is 0 Å². The number of hydrogen-bond acceptors (Lipinski definition) is 3. The van der Waals surface area contributed by atoms with Gasteiger partial charge in [0.15, 0.2) is 6.29 Å². The van der Waals surface area contributed by atoms with E-state index in [1.54, 1.807) is 6.07 Å². The van der Waals surface area contributed by atoms with Crippen molar-refractivity contribution in [3.8, 4) is 0 Å². The van der Waals surface area contributed by atoms with E-state index < -0.39 is 0 Å².